The third-order valence-electron chi connectivity index (χ3n) is 3.39. The van der Waals surface area contributed by atoms with Gasteiger partial charge in [0, 0.05) is 24.3 Å². The number of hydrogen-bond acceptors (Lipinski definition) is 2. The predicted octanol–water partition coefficient (Wildman–Crippen LogP) is 2.29. The number of aliphatic hydroxyl groups is 1. The number of amides is 2. The lowest BCUT2D eigenvalue weighted by Crippen LogP contribution is -2.41. The maximum absolute atomic E-state index is 12.1. The Kier molecular flexibility index (Phi) is 5.03. The molecule has 1 saturated heterocycles. The SMILES string of the molecule is CC1CCCN(C(=O)Nc2ccc(C#CCO)cc2)C1. The van der Waals surface area contributed by atoms with Gasteiger partial charge in [0.2, 0.25) is 0 Å². The van der Waals surface area contributed by atoms with Gasteiger partial charge in [-0.2, -0.15) is 0 Å². The summed E-state index contributed by atoms with van der Waals surface area (Å²) in [5.74, 6) is 5.99. The summed E-state index contributed by atoms with van der Waals surface area (Å²) in [4.78, 5) is 14.0. The highest BCUT2D eigenvalue weighted by molar-refractivity contribution is 5.89. The Morgan fingerprint density at radius 3 is 2.85 bits per heavy atom. The van der Waals surface area contributed by atoms with Crippen molar-refractivity contribution >= 4 is 11.7 Å². The molecule has 0 spiro atoms. The van der Waals surface area contributed by atoms with Crippen LogP contribution in [0.1, 0.15) is 25.3 Å². The van der Waals surface area contributed by atoms with Crippen LogP contribution in [0.3, 0.4) is 0 Å². The number of likely N-dealkylation sites (tertiary alicyclic amines) is 1. The van der Waals surface area contributed by atoms with E-state index in [9.17, 15) is 4.79 Å². The molecule has 1 aromatic rings. The number of carbonyl (C=O) groups is 1. The topological polar surface area (TPSA) is 52.6 Å². The van der Waals surface area contributed by atoms with Crippen molar-refractivity contribution in [2.45, 2.75) is 19.8 Å². The van der Waals surface area contributed by atoms with Gasteiger partial charge in [0.1, 0.15) is 6.61 Å². The Labute approximate surface area is 119 Å². The summed E-state index contributed by atoms with van der Waals surface area (Å²) in [5, 5.41) is 11.5. The lowest BCUT2D eigenvalue weighted by Gasteiger charge is -2.30. The molecule has 106 valence electrons. The van der Waals surface area contributed by atoms with Crippen molar-refractivity contribution < 1.29 is 9.90 Å². The van der Waals surface area contributed by atoms with E-state index in [0.717, 1.165) is 30.8 Å². The van der Waals surface area contributed by atoms with Crippen LogP contribution in [-0.4, -0.2) is 35.7 Å². The second kappa shape index (κ2) is 6.97. The molecule has 2 rings (SSSR count). The van der Waals surface area contributed by atoms with Gasteiger partial charge in [-0.3, -0.25) is 0 Å². The molecule has 0 aromatic heterocycles. The van der Waals surface area contributed by atoms with Crippen LogP contribution in [-0.2, 0) is 0 Å². The number of urea groups is 1. The second-order valence-corrected chi connectivity index (χ2v) is 5.16. The summed E-state index contributed by atoms with van der Waals surface area (Å²) in [5.41, 5.74) is 1.59. The van der Waals surface area contributed by atoms with Crippen molar-refractivity contribution in [3.05, 3.63) is 29.8 Å². The Hall–Kier alpha value is -1.99. The van der Waals surface area contributed by atoms with Crippen LogP contribution >= 0.6 is 0 Å². The van der Waals surface area contributed by atoms with Gasteiger partial charge in [-0.25, -0.2) is 4.79 Å². The van der Waals surface area contributed by atoms with Gasteiger partial charge in [0.15, 0.2) is 0 Å². The van der Waals surface area contributed by atoms with Crippen LogP contribution in [0.15, 0.2) is 24.3 Å². The van der Waals surface area contributed by atoms with Crippen molar-refractivity contribution in [2.24, 2.45) is 5.92 Å². The Morgan fingerprint density at radius 1 is 1.45 bits per heavy atom. The van der Waals surface area contributed by atoms with Crippen LogP contribution in [0.25, 0.3) is 0 Å². The summed E-state index contributed by atoms with van der Waals surface area (Å²) >= 11 is 0. The molecule has 4 heteroatoms. The molecule has 2 amide bonds. The minimum atomic E-state index is -0.147. The number of hydrogen-bond donors (Lipinski definition) is 2. The maximum atomic E-state index is 12.1. The van der Waals surface area contributed by atoms with Crippen LogP contribution in [0.4, 0.5) is 10.5 Å². The molecule has 0 aliphatic carbocycles. The highest BCUT2D eigenvalue weighted by atomic mass is 16.2. The van der Waals surface area contributed by atoms with Crippen molar-refractivity contribution in [2.75, 3.05) is 25.0 Å². The molecule has 4 nitrogen and oxygen atoms in total. The number of nitrogens with zero attached hydrogens (tertiary/aromatic N) is 1. The third-order valence-corrected chi connectivity index (χ3v) is 3.39. The zero-order valence-electron chi connectivity index (χ0n) is 11.7. The monoisotopic (exact) mass is 272 g/mol. The lowest BCUT2D eigenvalue weighted by atomic mass is 10.0. The molecule has 1 aliphatic rings. The number of carbonyl (C=O) groups excluding carboxylic acids is 1. The number of aliphatic hydroxyl groups excluding tert-OH is 1. The van der Waals surface area contributed by atoms with E-state index < -0.39 is 0 Å². The quantitative estimate of drug-likeness (QED) is 0.771. The molecule has 1 heterocycles. The van der Waals surface area contributed by atoms with Gasteiger partial charge in [-0.05, 0) is 43.0 Å². The number of rotatable bonds is 1. The highest BCUT2D eigenvalue weighted by Crippen LogP contribution is 2.17. The first kappa shape index (κ1) is 14.4. The zero-order chi connectivity index (χ0) is 14.4. The number of anilines is 1. The third kappa shape index (κ3) is 4.01. The van der Waals surface area contributed by atoms with E-state index in [2.05, 4.69) is 24.1 Å². The summed E-state index contributed by atoms with van der Waals surface area (Å²) in [6.07, 6.45) is 2.27. The molecule has 1 fully saturated rings. The summed E-state index contributed by atoms with van der Waals surface area (Å²) < 4.78 is 0. The molecule has 0 saturated carbocycles. The van der Waals surface area contributed by atoms with E-state index in [1.54, 1.807) is 0 Å². The van der Waals surface area contributed by atoms with Gasteiger partial charge in [0.25, 0.3) is 0 Å². The Bertz CT molecular complexity index is 514. The normalized spacial score (nSPS) is 18.1. The molecular weight excluding hydrogens is 252 g/mol. The molecule has 1 atom stereocenters. The minimum absolute atomic E-state index is 0.0363. The average molecular weight is 272 g/mol. The van der Waals surface area contributed by atoms with Crippen molar-refractivity contribution in [1.29, 1.82) is 0 Å². The highest BCUT2D eigenvalue weighted by Gasteiger charge is 2.20. The largest absolute Gasteiger partial charge is 0.384 e. The van der Waals surface area contributed by atoms with E-state index in [-0.39, 0.29) is 12.6 Å². The van der Waals surface area contributed by atoms with Gasteiger partial charge in [0.05, 0.1) is 0 Å². The van der Waals surface area contributed by atoms with Crippen LogP contribution in [0.2, 0.25) is 0 Å². The molecule has 20 heavy (non-hydrogen) atoms. The van der Waals surface area contributed by atoms with Gasteiger partial charge >= 0.3 is 6.03 Å². The fourth-order valence-electron chi connectivity index (χ4n) is 2.35. The first-order valence-corrected chi connectivity index (χ1v) is 6.95. The molecule has 1 unspecified atom stereocenters. The average Bonchev–Trinajstić information content (AvgIpc) is 2.46. The molecule has 0 bridgehead atoms. The second-order valence-electron chi connectivity index (χ2n) is 5.16. The first-order chi connectivity index (χ1) is 9.69. The first-order valence-electron chi connectivity index (χ1n) is 6.95. The minimum Gasteiger partial charge on any atom is -0.384 e. The van der Waals surface area contributed by atoms with E-state index in [4.69, 9.17) is 5.11 Å². The number of nitrogens with one attached hydrogen (secondary N) is 1. The molecule has 2 N–H and O–H groups in total. The van der Waals surface area contributed by atoms with E-state index in [1.807, 2.05) is 29.2 Å². The van der Waals surface area contributed by atoms with E-state index in [0.29, 0.717) is 5.92 Å². The van der Waals surface area contributed by atoms with E-state index in [1.165, 1.54) is 6.42 Å². The number of piperidine rings is 1. The maximum Gasteiger partial charge on any atom is 0.321 e. The van der Waals surface area contributed by atoms with Gasteiger partial charge in [-0.15, -0.1) is 0 Å². The van der Waals surface area contributed by atoms with E-state index >= 15 is 0 Å². The van der Waals surface area contributed by atoms with Gasteiger partial charge < -0.3 is 15.3 Å². The lowest BCUT2D eigenvalue weighted by molar-refractivity contribution is 0.182. The smallest absolute Gasteiger partial charge is 0.321 e. The van der Waals surface area contributed by atoms with Crippen molar-refractivity contribution in [3.63, 3.8) is 0 Å². The molecular formula is C16H20N2O2. The molecule has 0 radical (unpaired) electrons. The zero-order valence-corrected chi connectivity index (χ0v) is 11.7. The summed E-state index contributed by atoms with van der Waals surface area (Å²) in [7, 11) is 0. The number of benzene rings is 1. The fraction of sp³-hybridized carbons (Fsp3) is 0.438. The predicted molar refractivity (Wildman–Crippen MR) is 79.4 cm³/mol. The van der Waals surface area contributed by atoms with Gasteiger partial charge in [-0.1, -0.05) is 18.8 Å². The van der Waals surface area contributed by atoms with Crippen molar-refractivity contribution in [1.82, 2.24) is 4.90 Å². The Balaban J connectivity index is 1.94. The van der Waals surface area contributed by atoms with Crippen LogP contribution < -0.4 is 5.32 Å². The van der Waals surface area contributed by atoms with Crippen LogP contribution in [0, 0.1) is 17.8 Å². The summed E-state index contributed by atoms with van der Waals surface area (Å²) in [6, 6.07) is 7.28. The fourth-order valence-corrected chi connectivity index (χ4v) is 2.35. The standard InChI is InChI=1S/C16H20N2O2/c1-13-4-2-10-18(12-13)16(20)17-15-8-6-14(7-9-15)5-3-11-19/h6-9,13,19H,2,4,10-12H2,1H3,(H,17,20). The van der Waals surface area contributed by atoms with Crippen molar-refractivity contribution in [3.8, 4) is 11.8 Å². The molecule has 1 aromatic carbocycles. The molecule has 1 aliphatic heterocycles. The van der Waals surface area contributed by atoms with Crippen LogP contribution in [0.5, 0.6) is 0 Å². The summed E-state index contributed by atoms with van der Waals surface area (Å²) in [6.45, 7) is 3.68. The Morgan fingerprint density at radius 2 is 2.20 bits per heavy atom.